The number of thiophene rings is 1. The van der Waals surface area contributed by atoms with Crippen LogP contribution in [-0.2, 0) is 47.9 Å². The molecule has 42 N–H and O–H groups in total. The summed E-state index contributed by atoms with van der Waals surface area (Å²) in [4.78, 5) is 163. The van der Waals surface area contributed by atoms with Crippen molar-refractivity contribution in [3.63, 3.8) is 0 Å². The Kier molecular flexibility index (Phi) is 50.5. The number of unbranched alkanes of at least 4 members (excludes halogenated alkanes) is 5. The Morgan fingerprint density at radius 2 is 0.612 bits per heavy atom. The van der Waals surface area contributed by atoms with Crippen LogP contribution in [-0.4, -0.2) is 230 Å². The van der Waals surface area contributed by atoms with E-state index < -0.39 is 125 Å². The molecule has 2 rings (SSSR count). The molecule has 47 heteroatoms. The van der Waals surface area contributed by atoms with Crippen molar-refractivity contribution in [2.75, 3.05) is 65.4 Å². The number of hydrogen-bond acceptors (Lipinski definition) is 22. The molecule has 648 valence electrons. The van der Waals surface area contributed by atoms with E-state index in [0.717, 1.165) is 4.88 Å². The maximum Gasteiger partial charge on any atom is 0.261 e. The first-order valence-corrected chi connectivity index (χ1v) is 39.5. The highest BCUT2D eigenvalue weighted by atomic mass is 32.1. The highest BCUT2D eigenvalue weighted by Crippen LogP contribution is 2.26. The molecule has 0 radical (unpaired) electrons. The second-order valence-electron chi connectivity index (χ2n) is 27.1. The fraction of sp³-hybridized carbons (Fsp3) is 0.623. The van der Waals surface area contributed by atoms with Crippen LogP contribution in [0.3, 0.4) is 0 Å². The zero-order valence-corrected chi connectivity index (χ0v) is 66.6. The van der Waals surface area contributed by atoms with Gasteiger partial charge in [0.05, 0.1) is 15.4 Å². The van der Waals surface area contributed by atoms with Crippen LogP contribution in [0.25, 0.3) is 10.6 Å². The Morgan fingerprint density at radius 3 is 0.914 bits per heavy atom. The summed E-state index contributed by atoms with van der Waals surface area (Å²) < 4.78 is 0. The average Bonchev–Trinajstić information content (AvgIpc) is 1.41. The highest BCUT2D eigenvalue weighted by molar-refractivity contribution is 7.17. The fourth-order valence-corrected chi connectivity index (χ4v) is 12.3. The number of carbonyl (C=O) groups excluding carboxylic acids is 11. The van der Waals surface area contributed by atoms with Crippen molar-refractivity contribution >= 4 is 118 Å². The van der Waals surface area contributed by atoms with Crippen molar-refractivity contribution in [1.82, 2.24) is 100 Å². The number of primary amides is 1. The smallest absolute Gasteiger partial charge is 0.261 e. The van der Waals surface area contributed by atoms with Gasteiger partial charge in [-0.15, -0.1) is 11.3 Å². The maximum absolute atomic E-state index is 14.8. The topological polar surface area (TPSA) is 819 Å². The molecule has 11 amide bonds. The second kappa shape index (κ2) is 58.6. The first kappa shape index (κ1) is 99.9. The van der Waals surface area contributed by atoms with Crippen molar-refractivity contribution in [3.05, 3.63) is 35.6 Å². The maximum atomic E-state index is 14.8. The fourth-order valence-electron chi connectivity index (χ4n) is 11.4. The van der Waals surface area contributed by atoms with Crippen LogP contribution in [0.2, 0.25) is 0 Å². The zero-order valence-electron chi connectivity index (χ0n) is 65.7. The van der Waals surface area contributed by atoms with Gasteiger partial charge in [0.25, 0.3) is 5.91 Å². The standard InChI is InChI=1S/C69H125N35O11S/c70-29-6-5-16-42(54(71)107)99-57(110)45(19-11-34-91-65(76)77)101-59(112)47(21-13-36-93-67(80)81)103-61(114)49(23-15-38-95-69(84)85)104-60(113)48(22-14-37-94-68(82)83)102-58(111)46(20-12-35-92-66(78)79)100-56(109)44(18-10-33-90-64(74)75)98-53(106)25-3-1-7-30-87-55(108)43(17-9-32-89-63(72)73)97-52(105)24-4-2-8-31-88-62(115)51-27-26-50(116-51)41-28-39-86-40-96-41/h26-28,39-40,42-49H,1-25,29-38,70H2,(H2,71,107)(H,87,108)(H,88,115)(H,97,105)(H,98,106)(H,99,110)(H,100,109)(H,101,112)(H,102,111)(H,103,114)(H,104,113)(H4,72,73,89)(H4,74,75,90)(H4,76,77,91)(H4,78,79,92)(H4,80,81,93)(H4,82,83,94)(H4,84,85,95)/t42-,43-,44-,45-,46-,47-,48-,49-/m1/s1. The number of rotatable bonds is 62. The summed E-state index contributed by atoms with van der Waals surface area (Å²) in [6.07, 6.45) is 7.36. The summed E-state index contributed by atoms with van der Waals surface area (Å²) in [7, 11) is 0. The predicted octanol–water partition coefficient (Wildman–Crippen LogP) is -6.49. The first-order valence-electron chi connectivity index (χ1n) is 38.7. The number of hydrogen-bond donors (Lipinski definition) is 33. The Morgan fingerprint density at radius 1 is 0.319 bits per heavy atom. The lowest BCUT2D eigenvalue weighted by molar-refractivity contribution is -0.136. The third-order valence-corrected chi connectivity index (χ3v) is 18.5. The molecule has 0 fully saturated rings. The van der Waals surface area contributed by atoms with E-state index in [2.05, 4.69) is 100 Å². The number of nitrogens with zero attached hydrogens (tertiary/aromatic N) is 2. The Labute approximate surface area is 678 Å². The van der Waals surface area contributed by atoms with Gasteiger partial charge in [-0.05, 0) is 160 Å². The Hall–Kier alpha value is -12.2. The van der Waals surface area contributed by atoms with E-state index in [4.69, 9.17) is 89.5 Å². The van der Waals surface area contributed by atoms with Gasteiger partial charge < -0.3 is 142 Å². The molecular formula is C69H125N35O11S. The third kappa shape index (κ3) is 46.7. The number of carbonyl (C=O) groups is 11. The molecular weight excluding hydrogens is 1530 g/mol. The predicted molar refractivity (Wildman–Crippen MR) is 439 cm³/mol. The first-order chi connectivity index (χ1) is 55.3. The van der Waals surface area contributed by atoms with Gasteiger partial charge in [-0.1, -0.05) is 12.8 Å². The van der Waals surface area contributed by atoms with E-state index in [1.54, 1.807) is 18.3 Å². The normalized spacial score (nSPS) is 12.8. The van der Waals surface area contributed by atoms with Gasteiger partial charge >= 0.3 is 0 Å². The molecule has 0 saturated carbocycles. The number of nitrogens with two attached hydrogens (primary N) is 9. The Bertz CT molecular complexity index is 3500. The Balaban J connectivity index is 2.38. The SMILES string of the molecule is N=C(N)NCCC[C@@H](NC(=O)CCCCCNC(=O)c1ccc(-c2ccncn2)s1)C(=O)NCCCCCC(=O)N[C@H](CCCNC(=N)N)C(=O)N[C@H](CCCNC(=N)N)C(=O)N[C@H](CCCNC(=N)N)C(=O)N[C@H](CCCNC(=N)N)C(=O)N[C@H](CCCNC(=N)N)C(=O)N[C@H](CCCNC(=N)N)C(=O)N[C@H](CCCCN)C(N)=O. The monoisotopic (exact) mass is 1650 g/mol. The van der Waals surface area contributed by atoms with Crippen LogP contribution >= 0.6 is 11.3 Å². The van der Waals surface area contributed by atoms with Crippen LogP contribution < -0.4 is 142 Å². The van der Waals surface area contributed by atoms with E-state index in [-0.39, 0.29) is 191 Å². The second-order valence-corrected chi connectivity index (χ2v) is 28.2. The van der Waals surface area contributed by atoms with Gasteiger partial charge in [-0.2, -0.15) is 0 Å². The minimum Gasteiger partial charge on any atom is -0.370 e. The minimum absolute atomic E-state index is 0.00696. The molecule has 0 unspecified atom stereocenters. The summed E-state index contributed by atoms with van der Waals surface area (Å²) in [5, 5.41) is 99.1. The molecule has 2 heterocycles. The van der Waals surface area contributed by atoms with E-state index in [9.17, 15) is 52.7 Å². The van der Waals surface area contributed by atoms with Crippen molar-refractivity contribution in [1.29, 1.82) is 37.9 Å². The lowest BCUT2D eigenvalue weighted by Crippen LogP contribution is -2.60. The van der Waals surface area contributed by atoms with Gasteiger partial charge in [0.2, 0.25) is 59.1 Å². The third-order valence-electron chi connectivity index (χ3n) is 17.4. The number of amides is 11. The van der Waals surface area contributed by atoms with Gasteiger partial charge in [0.1, 0.15) is 54.7 Å². The lowest BCUT2D eigenvalue weighted by Gasteiger charge is -2.28. The quantitative estimate of drug-likeness (QED) is 0.0166. The van der Waals surface area contributed by atoms with Crippen LogP contribution in [0.5, 0.6) is 0 Å². The largest absolute Gasteiger partial charge is 0.370 e. The lowest BCUT2D eigenvalue weighted by atomic mass is 10.0. The summed E-state index contributed by atoms with van der Waals surface area (Å²) in [5.41, 5.74) is 50.7. The van der Waals surface area contributed by atoms with E-state index in [1.165, 1.54) is 17.7 Å². The molecule has 0 aromatic carbocycles. The molecule has 0 spiro atoms. The number of nitrogens with one attached hydrogen (secondary N) is 24. The van der Waals surface area contributed by atoms with Crippen LogP contribution in [0.1, 0.15) is 170 Å². The van der Waals surface area contributed by atoms with Gasteiger partial charge in [-0.3, -0.25) is 90.6 Å². The van der Waals surface area contributed by atoms with Crippen LogP contribution in [0.15, 0.2) is 30.7 Å². The molecule has 0 bridgehead atoms. The highest BCUT2D eigenvalue weighted by Gasteiger charge is 2.35. The van der Waals surface area contributed by atoms with Crippen LogP contribution in [0, 0.1) is 37.9 Å². The summed E-state index contributed by atoms with van der Waals surface area (Å²) in [5.74, 6) is -10.4. The molecule has 0 aliphatic carbocycles. The summed E-state index contributed by atoms with van der Waals surface area (Å²) in [6, 6.07) is -5.45. The molecule has 0 saturated heterocycles. The van der Waals surface area contributed by atoms with Gasteiger partial charge in [0, 0.05) is 77.9 Å². The van der Waals surface area contributed by atoms with E-state index >= 15 is 0 Å². The van der Waals surface area contributed by atoms with Gasteiger partial charge in [-0.25, -0.2) is 9.97 Å². The summed E-state index contributed by atoms with van der Waals surface area (Å²) in [6.45, 7) is 1.40. The molecule has 116 heavy (non-hydrogen) atoms. The van der Waals surface area contributed by atoms with Crippen molar-refractivity contribution in [2.24, 2.45) is 51.6 Å². The molecule has 2 aromatic rings. The molecule has 0 aliphatic heterocycles. The van der Waals surface area contributed by atoms with Crippen LogP contribution in [0.4, 0.5) is 0 Å². The summed E-state index contributed by atoms with van der Waals surface area (Å²) >= 11 is 1.31. The molecule has 46 nitrogen and oxygen atoms in total. The number of guanidine groups is 7. The average molecular weight is 1650 g/mol. The molecule has 0 aliphatic rings. The van der Waals surface area contributed by atoms with E-state index in [1.807, 2.05) is 6.07 Å². The van der Waals surface area contributed by atoms with Crippen molar-refractivity contribution < 1.29 is 52.7 Å². The molecule has 8 atom stereocenters. The number of aromatic nitrogens is 2. The van der Waals surface area contributed by atoms with E-state index in [0.29, 0.717) is 75.0 Å². The molecule has 2 aromatic heterocycles. The zero-order chi connectivity index (χ0) is 86.2. The van der Waals surface area contributed by atoms with Crippen molar-refractivity contribution in [2.45, 2.75) is 209 Å². The minimum atomic E-state index is -1.53. The van der Waals surface area contributed by atoms with Gasteiger partial charge in [0.15, 0.2) is 41.7 Å². The van der Waals surface area contributed by atoms with Crippen molar-refractivity contribution in [3.8, 4) is 10.6 Å².